The van der Waals surface area contributed by atoms with Crippen molar-refractivity contribution in [1.82, 2.24) is 24.4 Å². The third kappa shape index (κ3) is 4.67. The highest BCUT2D eigenvalue weighted by Crippen LogP contribution is 2.28. The molecule has 0 saturated carbocycles. The quantitative estimate of drug-likeness (QED) is 0.444. The first-order valence-corrected chi connectivity index (χ1v) is 12.0. The van der Waals surface area contributed by atoms with Crippen molar-refractivity contribution in [2.75, 3.05) is 31.1 Å². The lowest BCUT2D eigenvalue weighted by atomic mass is 9.90. The molecule has 1 fully saturated rings. The van der Waals surface area contributed by atoms with E-state index in [1.165, 1.54) is 0 Å². The van der Waals surface area contributed by atoms with E-state index < -0.39 is 0 Å². The van der Waals surface area contributed by atoms with Crippen LogP contribution in [0.4, 0.5) is 5.82 Å². The molecule has 7 nitrogen and oxygen atoms in total. The minimum atomic E-state index is -0.302. The van der Waals surface area contributed by atoms with E-state index in [1.54, 1.807) is 6.33 Å². The van der Waals surface area contributed by atoms with Crippen LogP contribution in [0.1, 0.15) is 34.3 Å². The Morgan fingerprint density at radius 2 is 1.37 bits per heavy atom. The third-order valence-electron chi connectivity index (χ3n) is 6.74. The average molecular weight is 467 g/mol. The van der Waals surface area contributed by atoms with Crippen molar-refractivity contribution in [3.63, 3.8) is 0 Å². The van der Waals surface area contributed by atoms with Crippen molar-refractivity contribution in [2.45, 2.75) is 26.7 Å². The smallest absolute Gasteiger partial charge is 0.234 e. The maximum Gasteiger partial charge on any atom is 0.234 e. The predicted molar refractivity (Wildman–Crippen MR) is 137 cm³/mol. The van der Waals surface area contributed by atoms with Crippen molar-refractivity contribution < 1.29 is 4.79 Å². The van der Waals surface area contributed by atoms with E-state index in [4.69, 9.17) is 4.98 Å². The van der Waals surface area contributed by atoms with Gasteiger partial charge in [-0.2, -0.15) is 0 Å². The number of piperazine rings is 1. The van der Waals surface area contributed by atoms with Gasteiger partial charge in [0, 0.05) is 37.9 Å². The normalized spacial score (nSPS) is 13.9. The molecule has 1 aliphatic heterocycles. The van der Waals surface area contributed by atoms with E-state index in [-0.39, 0.29) is 11.8 Å². The highest BCUT2D eigenvalue weighted by Gasteiger charge is 2.30. The second-order valence-corrected chi connectivity index (χ2v) is 8.98. The van der Waals surface area contributed by atoms with Gasteiger partial charge < -0.3 is 9.80 Å². The van der Waals surface area contributed by atoms with E-state index in [9.17, 15) is 4.79 Å². The molecule has 1 aliphatic rings. The molecule has 7 heteroatoms. The van der Waals surface area contributed by atoms with Crippen LogP contribution in [0.3, 0.4) is 0 Å². The van der Waals surface area contributed by atoms with Crippen LogP contribution in [0, 0.1) is 20.8 Å². The molecule has 1 saturated heterocycles. The zero-order valence-corrected chi connectivity index (χ0v) is 20.4. The van der Waals surface area contributed by atoms with Gasteiger partial charge in [-0.3, -0.25) is 9.36 Å². The number of aryl methyl sites for hydroxylation is 2. The van der Waals surface area contributed by atoms with Crippen molar-refractivity contribution in [3.8, 4) is 5.82 Å². The van der Waals surface area contributed by atoms with Gasteiger partial charge in [0.2, 0.25) is 5.91 Å². The van der Waals surface area contributed by atoms with Crippen molar-refractivity contribution in [1.29, 1.82) is 0 Å². The van der Waals surface area contributed by atoms with Crippen LogP contribution >= 0.6 is 0 Å². The Balaban J connectivity index is 1.35. The Kier molecular flexibility index (Phi) is 6.31. The summed E-state index contributed by atoms with van der Waals surface area (Å²) in [7, 11) is 0. The third-order valence-corrected chi connectivity index (χ3v) is 6.74. The molecule has 0 bridgehead atoms. The molecule has 0 spiro atoms. The van der Waals surface area contributed by atoms with Crippen LogP contribution in [0.15, 0.2) is 73.1 Å². The van der Waals surface area contributed by atoms with Gasteiger partial charge in [-0.05, 0) is 31.9 Å². The van der Waals surface area contributed by atoms with Gasteiger partial charge in [-0.25, -0.2) is 15.0 Å². The van der Waals surface area contributed by atoms with Gasteiger partial charge in [-0.1, -0.05) is 60.7 Å². The number of carbonyl (C=O) groups excluding carboxylic acids is 1. The Morgan fingerprint density at radius 1 is 0.800 bits per heavy atom. The fourth-order valence-corrected chi connectivity index (χ4v) is 4.66. The zero-order chi connectivity index (χ0) is 24.4. The summed E-state index contributed by atoms with van der Waals surface area (Å²) >= 11 is 0. The van der Waals surface area contributed by atoms with Gasteiger partial charge in [0.05, 0.1) is 11.6 Å². The number of benzene rings is 2. The van der Waals surface area contributed by atoms with Crippen LogP contribution in [-0.2, 0) is 4.79 Å². The van der Waals surface area contributed by atoms with Crippen molar-refractivity contribution >= 4 is 11.7 Å². The summed E-state index contributed by atoms with van der Waals surface area (Å²) in [6, 6.07) is 22.1. The maximum atomic E-state index is 13.7. The second kappa shape index (κ2) is 9.70. The van der Waals surface area contributed by atoms with Crippen LogP contribution in [0.25, 0.3) is 5.82 Å². The molecule has 4 aromatic rings. The second-order valence-electron chi connectivity index (χ2n) is 8.98. The molecule has 0 aliphatic carbocycles. The first-order valence-electron chi connectivity index (χ1n) is 12.0. The van der Waals surface area contributed by atoms with Gasteiger partial charge in [0.25, 0.3) is 0 Å². The SMILES string of the molecule is Cc1nc(N2CCN(C(=O)C(c3ccccc3)c3ccccc3)CC2)cc(-n2cnc(C)c2C)n1. The Bertz CT molecular complexity index is 1270. The Morgan fingerprint density at radius 3 is 1.91 bits per heavy atom. The van der Waals surface area contributed by atoms with E-state index in [0.717, 1.165) is 53.1 Å². The fourth-order valence-electron chi connectivity index (χ4n) is 4.66. The average Bonchev–Trinajstić information content (AvgIpc) is 3.23. The number of aromatic nitrogens is 4. The lowest BCUT2D eigenvalue weighted by molar-refractivity contribution is -0.132. The maximum absolute atomic E-state index is 13.7. The molecular formula is C28H30N6O. The summed E-state index contributed by atoms with van der Waals surface area (Å²) in [5, 5.41) is 0. The minimum absolute atomic E-state index is 0.145. The molecule has 178 valence electrons. The number of hydrogen-bond acceptors (Lipinski definition) is 5. The summed E-state index contributed by atoms with van der Waals surface area (Å²) in [5.41, 5.74) is 4.10. The number of amides is 1. The van der Waals surface area contributed by atoms with Gasteiger partial charge in [-0.15, -0.1) is 0 Å². The molecule has 35 heavy (non-hydrogen) atoms. The summed E-state index contributed by atoms with van der Waals surface area (Å²) in [6.07, 6.45) is 1.81. The predicted octanol–water partition coefficient (Wildman–Crippen LogP) is 4.07. The number of anilines is 1. The largest absolute Gasteiger partial charge is 0.353 e. The zero-order valence-electron chi connectivity index (χ0n) is 20.4. The Hall–Kier alpha value is -4.00. The number of hydrogen-bond donors (Lipinski definition) is 0. The summed E-state index contributed by atoms with van der Waals surface area (Å²) in [5.74, 6) is 2.26. The number of rotatable bonds is 5. The summed E-state index contributed by atoms with van der Waals surface area (Å²) in [4.78, 5) is 31.7. The molecule has 3 heterocycles. The molecule has 2 aromatic heterocycles. The van der Waals surface area contributed by atoms with Crippen LogP contribution in [0.2, 0.25) is 0 Å². The fraction of sp³-hybridized carbons (Fsp3) is 0.286. The molecular weight excluding hydrogens is 436 g/mol. The van der Waals surface area contributed by atoms with Gasteiger partial charge in [0.1, 0.15) is 23.8 Å². The van der Waals surface area contributed by atoms with E-state index in [1.807, 2.05) is 97.0 Å². The number of nitrogens with zero attached hydrogens (tertiary/aromatic N) is 6. The van der Waals surface area contributed by atoms with Crippen LogP contribution in [0.5, 0.6) is 0 Å². The van der Waals surface area contributed by atoms with Crippen LogP contribution < -0.4 is 4.90 Å². The van der Waals surface area contributed by atoms with Crippen molar-refractivity contribution in [2.24, 2.45) is 0 Å². The summed E-state index contributed by atoms with van der Waals surface area (Å²) < 4.78 is 2.00. The summed E-state index contributed by atoms with van der Waals surface area (Å²) in [6.45, 7) is 8.69. The highest BCUT2D eigenvalue weighted by molar-refractivity contribution is 5.87. The minimum Gasteiger partial charge on any atom is -0.353 e. The van der Waals surface area contributed by atoms with E-state index >= 15 is 0 Å². The lowest BCUT2D eigenvalue weighted by Gasteiger charge is -2.37. The standard InChI is InChI=1S/C28H30N6O/c1-20-21(2)34(19-29-20)26-18-25(30-22(3)31-26)32-14-16-33(17-15-32)28(35)27(23-10-6-4-7-11-23)24-12-8-5-9-13-24/h4-13,18-19,27H,14-17H2,1-3H3. The molecule has 0 N–H and O–H groups in total. The van der Waals surface area contributed by atoms with E-state index in [2.05, 4.69) is 14.9 Å². The monoisotopic (exact) mass is 466 g/mol. The number of carbonyl (C=O) groups is 1. The van der Waals surface area contributed by atoms with E-state index in [0.29, 0.717) is 13.1 Å². The highest BCUT2D eigenvalue weighted by atomic mass is 16.2. The van der Waals surface area contributed by atoms with Gasteiger partial charge >= 0.3 is 0 Å². The molecule has 1 amide bonds. The topological polar surface area (TPSA) is 67.2 Å². The first-order chi connectivity index (χ1) is 17.0. The molecule has 2 aromatic carbocycles. The molecule has 0 radical (unpaired) electrons. The number of imidazole rings is 1. The van der Waals surface area contributed by atoms with Crippen molar-refractivity contribution in [3.05, 3.63) is 101 Å². The lowest BCUT2D eigenvalue weighted by Crippen LogP contribution is -2.50. The van der Waals surface area contributed by atoms with Crippen LogP contribution in [-0.4, -0.2) is 56.5 Å². The molecule has 0 atom stereocenters. The molecule has 5 rings (SSSR count). The van der Waals surface area contributed by atoms with Gasteiger partial charge in [0.15, 0.2) is 0 Å². The molecule has 0 unspecified atom stereocenters. The Labute approximate surface area is 206 Å². The first kappa shape index (κ1) is 22.8.